The summed E-state index contributed by atoms with van der Waals surface area (Å²) in [7, 11) is -4.60. The molecular formula is C47H85B2N8NaO15S. The van der Waals surface area contributed by atoms with Gasteiger partial charge in [0, 0.05) is 35.4 Å². The van der Waals surface area contributed by atoms with Crippen molar-refractivity contribution in [2.75, 3.05) is 32.5 Å². The van der Waals surface area contributed by atoms with Crippen LogP contribution in [0.1, 0.15) is 164 Å². The summed E-state index contributed by atoms with van der Waals surface area (Å²) < 4.78 is 75.5. The van der Waals surface area contributed by atoms with Crippen LogP contribution in [0.4, 0.5) is 9.59 Å². The number of amides is 2. The van der Waals surface area contributed by atoms with Crippen LogP contribution < -0.4 is 29.6 Å². The molecule has 0 spiro atoms. The van der Waals surface area contributed by atoms with Crippen molar-refractivity contribution in [1.82, 2.24) is 9.80 Å². The number of carbonyl (C=O) groups excluding carboxylic acids is 4. The fourth-order valence-corrected chi connectivity index (χ4v) is 9.02. The molecule has 0 unspecified atom stereocenters. The zero-order valence-corrected chi connectivity index (χ0v) is 51.3. The van der Waals surface area contributed by atoms with Gasteiger partial charge in [0.1, 0.15) is 34.5 Å². The molecule has 0 aliphatic carbocycles. The number of hydrogen-bond donors (Lipinski definition) is 0. The summed E-state index contributed by atoms with van der Waals surface area (Å²) in [6.45, 7) is 37.0. The predicted octanol–water partition coefficient (Wildman–Crippen LogP) is 6.77. The Morgan fingerprint density at radius 1 is 0.595 bits per heavy atom. The minimum Gasteiger partial charge on any atom is -0.458 e. The molecule has 0 aromatic carbocycles. The van der Waals surface area contributed by atoms with Crippen molar-refractivity contribution in [3.05, 3.63) is 26.4 Å². The van der Waals surface area contributed by atoms with E-state index in [0.717, 1.165) is 6.26 Å². The summed E-state index contributed by atoms with van der Waals surface area (Å²) in [5, 5.41) is 3.79. The topological polar surface area (TPSA) is 299 Å². The smallest absolute Gasteiger partial charge is 0.458 e. The monoisotopic (exact) mass is 1080 g/mol. The Hall–Kier alpha value is -3.02. The number of likely N-dealkylation sites (tertiary alicyclic amines) is 2. The largest absolute Gasteiger partial charge is 1.00 e. The fraction of sp³-hybridized carbons (Fsp3) is 0.915. The number of hydrogen-bond acceptors (Lipinski definition) is 16. The van der Waals surface area contributed by atoms with Crippen LogP contribution in [0.2, 0.25) is 12.6 Å². The average molecular weight is 1080 g/mol. The Morgan fingerprint density at radius 2 is 0.892 bits per heavy atom. The van der Waals surface area contributed by atoms with Gasteiger partial charge < -0.3 is 48.6 Å². The van der Waals surface area contributed by atoms with E-state index in [1.54, 1.807) is 83.1 Å². The maximum Gasteiger partial charge on any atom is 1.00 e. The molecular weight excluding hydrogens is 993 g/mol. The van der Waals surface area contributed by atoms with Crippen LogP contribution >= 0.6 is 0 Å². The quantitative estimate of drug-likeness (QED) is 0.0311. The molecule has 0 saturated carbocycles. The summed E-state index contributed by atoms with van der Waals surface area (Å²) in [6, 6.07) is -1.98. The molecule has 0 aromatic rings. The Balaban J connectivity index is 0.000000694. The van der Waals surface area contributed by atoms with Crippen molar-refractivity contribution in [3.63, 3.8) is 0 Å². The van der Waals surface area contributed by atoms with E-state index in [9.17, 15) is 27.6 Å². The molecule has 74 heavy (non-hydrogen) atoms. The maximum atomic E-state index is 13.3. The first-order valence-corrected chi connectivity index (χ1v) is 26.5. The molecule has 23 nitrogen and oxygen atoms in total. The third-order valence-corrected chi connectivity index (χ3v) is 13.7. The van der Waals surface area contributed by atoms with Crippen LogP contribution in [0.25, 0.3) is 26.4 Å². The molecule has 0 radical (unpaired) electrons. The summed E-state index contributed by atoms with van der Waals surface area (Å²) >= 11 is 0. The van der Waals surface area contributed by atoms with E-state index in [1.807, 2.05) is 55.4 Å². The van der Waals surface area contributed by atoms with Gasteiger partial charge in [-0.15, -0.1) is 0 Å². The van der Waals surface area contributed by atoms with Crippen LogP contribution in [0.15, 0.2) is 5.11 Å². The van der Waals surface area contributed by atoms with Crippen LogP contribution in [0, 0.1) is 10.8 Å². The fourth-order valence-electron chi connectivity index (χ4n) is 8.57. The molecule has 416 valence electrons. The molecule has 0 aromatic heterocycles. The maximum absolute atomic E-state index is 13.3. The molecule has 4 atom stereocenters. The summed E-state index contributed by atoms with van der Waals surface area (Å²) in [4.78, 5) is 59.4. The van der Waals surface area contributed by atoms with E-state index in [1.165, 1.54) is 14.7 Å². The van der Waals surface area contributed by atoms with Gasteiger partial charge in [-0.3, -0.25) is 18.9 Å². The van der Waals surface area contributed by atoms with Gasteiger partial charge in [-0.05, 0) is 169 Å². The minimum absolute atomic E-state index is 0. The van der Waals surface area contributed by atoms with Crippen molar-refractivity contribution in [2.24, 2.45) is 15.9 Å². The molecule has 0 bridgehead atoms. The Kier molecular flexibility index (Phi) is 23.5. The Bertz CT molecular complexity index is 2130. The zero-order chi connectivity index (χ0) is 56.8. The molecule has 4 aliphatic heterocycles. The van der Waals surface area contributed by atoms with E-state index >= 15 is 0 Å². The first-order chi connectivity index (χ1) is 32.7. The predicted molar refractivity (Wildman–Crippen MR) is 275 cm³/mol. The van der Waals surface area contributed by atoms with Gasteiger partial charge in [-0.2, -0.15) is 8.42 Å². The zero-order valence-electron chi connectivity index (χ0n) is 48.5. The SMILES string of the molecule is CC(C)(C)OC(=O)[C@H]1N(C(=O)OC(C)(C)C)C[C@]1(CCCB1OC(C)(C)C(C)(C)O1)CN=[N+]=[N-].CC(C)(C)OC(=O)[C@H]1N(C(=O)OC(C)(C)C)C[C@]1(CCCB1OC(C)(C)C(C)(C)O1)COS(C)(=O)=O.[N-]=[N+]=[N-].[Na+]. The second kappa shape index (κ2) is 25.2. The standard InChI is InChI=1S/C24H44BNO9S.C23H41BN4O6.N3.Na/c1-20(2,3)32-18(27)17-24(16-31-36(11,29)30,15-26(17)19(28)33-21(4,5)6)13-12-14-25-34-22(7,8)23(9,10)35-25;1-19(2,3)31-17(29)16-23(14-26-27-25,15-28(16)18(30)32-20(4,5)6)12-11-13-24-33-21(7,8)22(9,10)34-24;1-3-2;/h17H,12-16H2,1-11H3;16H,11-15H2,1-10H3;;/q;;-1;+1/t17-,24-;16-,23+;;/m11../s1. The molecule has 4 saturated heterocycles. The van der Waals surface area contributed by atoms with Gasteiger partial charge in [0.15, 0.2) is 0 Å². The normalized spacial score (nSPS) is 24.6. The van der Waals surface area contributed by atoms with E-state index in [4.69, 9.17) is 58.3 Å². The molecule has 4 fully saturated rings. The number of esters is 2. The van der Waals surface area contributed by atoms with Crippen molar-refractivity contribution in [3.8, 4) is 0 Å². The summed E-state index contributed by atoms with van der Waals surface area (Å²) in [6.07, 6.45) is 2.95. The molecule has 4 heterocycles. The van der Waals surface area contributed by atoms with Crippen LogP contribution in [0.5, 0.6) is 0 Å². The van der Waals surface area contributed by atoms with Crippen LogP contribution in [0.3, 0.4) is 0 Å². The minimum atomic E-state index is -3.79. The molecule has 2 amide bonds. The first-order valence-electron chi connectivity index (χ1n) is 24.7. The Labute approximate surface area is 463 Å². The van der Waals surface area contributed by atoms with Crippen molar-refractivity contribution in [1.29, 1.82) is 0 Å². The van der Waals surface area contributed by atoms with E-state index in [2.05, 4.69) is 10.0 Å². The van der Waals surface area contributed by atoms with Gasteiger partial charge in [0.25, 0.3) is 10.1 Å². The van der Waals surface area contributed by atoms with E-state index < -0.39 is 109 Å². The van der Waals surface area contributed by atoms with Crippen LogP contribution in [-0.2, 0) is 61.5 Å². The third kappa shape index (κ3) is 19.8. The molecule has 4 rings (SSSR count). The van der Waals surface area contributed by atoms with Gasteiger partial charge >= 0.3 is 67.9 Å². The van der Waals surface area contributed by atoms with Gasteiger partial charge in [0.05, 0.1) is 35.3 Å². The number of ether oxygens (including phenoxy) is 4. The second-order valence-corrected chi connectivity index (χ2v) is 27.1. The molecule has 4 aliphatic rings. The number of carbonyl (C=O) groups is 4. The molecule has 27 heteroatoms. The average Bonchev–Trinajstić information content (AvgIpc) is 3.47. The van der Waals surface area contributed by atoms with Gasteiger partial charge in [0.2, 0.25) is 0 Å². The van der Waals surface area contributed by atoms with Crippen LogP contribution in [-0.4, -0.2) is 146 Å². The van der Waals surface area contributed by atoms with E-state index in [-0.39, 0.29) is 62.9 Å². The Morgan fingerprint density at radius 3 is 1.19 bits per heavy atom. The molecule has 0 N–H and O–H groups in total. The first kappa shape index (κ1) is 69.0. The number of nitrogens with zero attached hydrogens (tertiary/aromatic N) is 8. The second-order valence-electron chi connectivity index (χ2n) is 25.4. The van der Waals surface area contributed by atoms with Crippen molar-refractivity contribution < 1.29 is 98.9 Å². The van der Waals surface area contributed by atoms with Gasteiger partial charge in [-0.1, -0.05) is 18.0 Å². The number of azide groups is 1. The van der Waals surface area contributed by atoms with Crippen molar-refractivity contribution >= 4 is 48.5 Å². The summed E-state index contributed by atoms with van der Waals surface area (Å²) in [5.41, 5.74) is 15.9. The summed E-state index contributed by atoms with van der Waals surface area (Å²) in [5.74, 6) is -1.17. The third-order valence-electron chi connectivity index (χ3n) is 13.1. The van der Waals surface area contributed by atoms with E-state index in [0.29, 0.717) is 38.3 Å². The number of rotatable bonds is 15. The van der Waals surface area contributed by atoms with Crippen molar-refractivity contribution in [2.45, 2.75) is 234 Å². The van der Waals surface area contributed by atoms with Gasteiger partial charge in [-0.25, -0.2) is 19.2 Å².